The highest BCUT2D eigenvalue weighted by molar-refractivity contribution is 5.80. The van der Waals surface area contributed by atoms with E-state index < -0.39 is 11.9 Å². The van der Waals surface area contributed by atoms with Crippen molar-refractivity contribution < 1.29 is 13.6 Å². The lowest BCUT2D eigenvalue weighted by Gasteiger charge is -2.20. The van der Waals surface area contributed by atoms with Crippen LogP contribution in [0.3, 0.4) is 0 Å². The molecule has 0 aliphatic heterocycles. The number of carbonyl (C=O) groups is 1. The maximum atomic E-state index is 13.8. The van der Waals surface area contributed by atoms with Gasteiger partial charge in [0.15, 0.2) is 0 Å². The molecular weight excluding hydrogens is 374 g/mol. The molecule has 0 saturated carbocycles. The summed E-state index contributed by atoms with van der Waals surface area (Å²) < 4.78 is 28.8. The Kier molecular flexibility index (Phi) is 5.29. The van der Waals surface area contributed by atoms with E-state index in [-0.39, 0.29) is 18.3 Å². The fraction of sp³-hybridized carbons (Fsp3) is 0.136. The number of hydrogen-bond donors (Lipinski definition) is 1. The average Bonchev–Trinajstić information content (AvgIpc) is 3.10. The average molecular weight is 392 g/mol. The highest BCUT2D eigenvalue weighted by atomic mass is 19.1. The number of nitrogens with zero attached hydrogens (tertiary/aromatic N) is 3. The molecule has 1 amide bonds. The Labute approximate surface area is 166 Å². The van der Waals surface area contributed by atoms with E-state index in [1.165, 1.54) is 28.9 Å². The SMILES string of the molecule is O=C(Cn1nnc2ccccc21)NC(Cc1cccc(F)c1)c1cccc(F)c1. The molecule has 0 radical (unpaired) electrons. The van der Waals surface area contributed by atoms with Crippen LogP contribution in [-0.4, -0.2) is 20.9 Å². The zero-order valence-corrected chi connectivity index (χ0v) is 15.4. The van der Waals surface area contributed by atoms with Crippen molar-refractivity contribution in [2.45, 2.75) is 19.0 Å². The van der Waals surface area contributed by atoms with Crippen molar-refractivity contribution in [3.63, 3.8) is 0 Å². The van der Waals surface area contributed by atoms with Gasteiger partial charge in [-0.15, -0.1) is 5.10 Å². The lowest BCUT2D eigenvalue weighted by Crippen LogP contribution is -2.33. The molecule has 146 valence electrons. The quantitative estimate of drug-likeness (QED) is 0.543. The van der Waals surface area contributed by atoms with E-state index >= 15 is 0 Å². The number of aromatic nitrogens is 3. The summed E-state index contributed by atoms with van der Waals surface area (Å²) in [5.74, 6) is -1.06. The van der Waals surface area contributed by atoms with E-state index in [2.05, 4.69) is 15.6 Å². The Bertz CT molecular complexity index is 1160. The molecule has 0 fully saturated rings. The Morgan fingerprint density at radius 3 is 2.52 bits per heavy atom. The minimum atomic E-state index is -0.519. The number of para-hydroxylation sites is 1. The van der Waals surface area contributed by atoms with Gasteiger partial charge in [-0.2, -0.15) is 0 Å². The molecule has 7 heteroatoms. The van der Waals surface area contributed by atoms with Crippen LogP contribution in [0, 0.1) is 11.6 Å². The number of benzene rings is 3. The van der Waals surface area contributed by atoms with Crippen molar-refractivity contribution in [3.8, 4) is 0 Å². The highest BCUT2D eigenvalue weighted by Crippen LogP contribution is 2.20. The van der Waals surface area contributed by atoms with Crippen molar-refractivity contribution in [2.24, 2.45) is 0 Å². The summed E-state index contributed by atoms with van der Waals surface area (Å²) >= 11 is 0. The maximum absolute atomic E-state index is 13.8. The Morgan fingerprint density at radius 1 is 0.966 bits per heavy atom. The second kappa shape index (κ2) is 8.18. The lowest BCUT2D eigenvalue weighted by atomic mass is 9.98. The third kappa shape index (κ3) is 4.45. The topological polar surface area (TPSA) is 59.8 Å². The number of halogens is 2. The van der Waals surface area contributed by atoms with E-state index in [0.717, 1.165) is 5.52 Å². The van der Waals surface area contributed by atoms with Crippen molar-refractivity contribution in [3.05, 3.63) is 95.6 Å². The van der Waals surface area contributed by atoms with Gasteiger partial charge in [0.25, 0.3) is 0 Å². The standard InChI is InChI=1S/C22H18F2N4O/c23-17-7-3-5-15(11-17)12-20(16-6-4-8-18(24)13-16)25-22(29)14-28-21-10-2-1-9-19(21)26-27-28/h1-11,13,20H,12,14H2,(H,25,29). The first-order valence-electron chi connectivity index (χ1n) is 9.16. The molecule has 5 nitrogen and oxygen atoms in total. The van der Waals surface area contributed by atoms with Crippen LogP contribution < -0.4 is 5.32 Å². The van der Waals surface area contributed by atoms with Gasteiger partial charge in [-0.3, -0.25) is 4.79 Å². The van der Waals surface area contributed by atoms with E-state index in [9.17, 15) is 13.6 Å². The molecule has 1 heterocycles. The summed E-state index contributed by atoms with van der Waals surface area (Å²) in [5.41, 5.74) is 2.74. The number of rotatable bonds is 6. The summed E-state index contributed by atoms with van der Waals surface area (Å²) in [6, 6.07) is 19.0. The number of amides is 1. The maximum Gasteiger partial charge on any atom is 0.242 e. The molecule has 1 atom stereocenters. The predicted molar refractivity (Wildman–Crippen MR) is 105 cm³/mol. The van der Waals surface area contributed by atoms with Crippen molar-refractivity contribution >= 4 is 16.9 Å². The Hall–Kier alpha value is -3.61. The summed E-state index contributed by atoms with van der Waals surface area (Å²) in [4.78, 5) is 12.7. The van der Waals surface area contributed by atoms with Crippen LogP contribution in [0.4, 0.5) is 8.78 Å². The first kappa shape index (κ1) is 18.7. The smallest absolute Gasteiger partial charge is 0.242 e. The van der Waals surface area contributed by atoms with Gasteiger partial charge in [-0.1, -0.05) is 41.6 Å². The van der Waals surface area contributed by atoms with Gasteiger partial charge >= 0.3 is 0 Å². The predicted octanol–water partition coefficient (Wildman–Crippen LogP) is 3.81. The summed E-state index contributed by atoms with van der Waals surface area (Å²) in [7, 11) is 0. The molecule has 0 bridgehead atoms. The second-order valence-corrected chi connectivity index (χ2v) is 6.74. The Morgan fingerprint density at radius 2 is 1.72 bits per heavy atom. The molecule has 0 saturated heterocycles. The largest absolute Gasteiger partial charge is 0.347 e. The minimum Gasteiger partial charge on any atom is -0.347 e. The van der Waals surface area contributed by atoms with Crippen molar-refractivity contribution in [1.29, 1.82) is 0 Å². The normalized spacial score (nSPS) is 12.1. The number of hydrogen-bond acceptors (Lipinski definition) is 3. The molecule has 1 unspecified atom stereocenters. The molecule has 0 aliphatic carbocycles. The number of fused-ring (bicyclic) bond motifs is 1. The van der Waals surface area contributed by atoms with Crippen LogP contribution in [0.1, 0.15) is 17.2 Å². The van der Waals surface area contributed by atoms with Crippen molar-refractivity contribution in [2.75, 3.05) is 0 Å². The lowest BCUT2D eigenvalue weighted by molar-refractivity contribution is -0.122. The van der Waals surface area contributed by atoms with Gasteiger partial charge in [-0.05, 0) is 53.9 Å². The first-order chi connectivity index (χ1) is 14.1. The van der Waals surface area contributed by atoms with Gasteiger partial charge in [-0.25, -0.2) is 13.5 Å². The van der Waals surface area contributed by atoms with Crippen LogP contribution in [0.5, 0.6) is 0 Å². The zero-order valence-electron chi connectivity index (χ0n) is 15.4. The Balaban J connectivity index is 1.56. The number of carbonyl (C=O) groups excluding carboxylic acids is 1. The molecule has 1 N–H and O–H groups in total. The van der Waals surface area contributed by atoms with Crippen LogP contribution in [0.15, 0.2) is 72.8 Å². The van der Waals surface area contributed by atoms with E-state index in [0.29, 0.717) is 23.1 Å². The summed E-state index contributed by atoms with van der Waals surface area (Å²) in [5, 5.41) is 11.0. The third-order valence-corrected chi connectivity index (χ3v) is 4.63. The summed E-state index contributed by atoms with van der Waals surface area (Å²) in [6.07, 6.45) is 0.324. The van der Waals surface area contributed by atoms with E-state index in [4.69, 9.17) is 0 Å². The zero-order chi connectivity index (χ0) is 20.2. The van der Waals surface area contributed by atoms with Crippen LogP contribution >= 0.6 is 0 Å². The fourth-order valence-corrected chi connectivity index (χ4v) is 3.29. The van der Waals surface area contributed by atoms with Crippen LogP contribution in [-0.2, 0) is 17.8 Å². The first-order valence-corrected chi connectivity index (χ1v) is 9.16. The van der Waals surface area contributed by atoms with E-state index in [1.807, 2.05) is 24.3 Å². The van der Waals surface area contributed by atoms with Gasteiger partial charge in [0.2, 0.25) is 5.91 Å². The number of nitrogens with one attached hydrogen (secondary N) is 1. The molecule has 29 heavy (non-hydrogen) atoms. The fourth-order valence-electron chi connectivity index (χ4n) is 3.29. The van der Waals surface area contributed by atoms with E-state index in [1.54, 1.807) is 24.3 Å². The van der Waals surface area contributed by atoms with Crippen molar-refractivity contribution in [1.82, 2.24) is 20.3 Å². The van der Waals surface area contributed by atoms with Gasteiger partial charge < -0.3 is 5.32 Å². The monoisotopic (exact) mass is 392 g/mol. The molecule has 4 rings (SSSR count). The molecule has 4 aromatic rings. The van der Waals surface area contributed by atoms with Gasteiger partial charge in [0, 0.05) is 0 Å². The highest BCUT2D eigenvalue weighted by Gasteiger charge is 2.18. The molecule has 1 aromatic heterocycles. The molecular formula is C22H18F2N4O. The second-order valence-electron chi connectivity index (χ2n) is 6.74. The molecule has 3 aromatic carbocycles. The van der Waals surface area contributed by atoms with Gasteiger partial charge in [0.1, 0.15) is 23.7 Å². The third-order valence-electron chi connectivity index (χ3n) is 4.63. The van der Waals surface area contributed by atoms with Crippen LogP contribution in [0.25, 0.3) is 11.0 Å². The van der Waals surface area contributed by atoms with Gasteiger partial charge in [0.05, 0.1) is 11.6 Å². The van der Waals surface area contributed by atoms with Crippen LogP contribution in [0.2, 0.25) is 0 Å². The minimum absolute atomic E-state index is 0.0323. The molecule has 0 spiro atoms. The summed E-state index contributed by atoms with van der Waals surface area (Å²) in [6.45, 7) is -0.0323. The molecule has 0 aliphatic rings.